The lowest BCUT2D eigenvalue weighted by Gasteiger charge is -2.42. The molecule has 3 aromatic heterocycles. The van der Waals surface area contributed by atoms with E-state index in [1.807, 2.05) is 6.07 Å². The molecule has 2 fully saturated rings. The molecular weight excluding hydrogens is 702 g/mol. The van der Waals surface area contributed by atoms with Gasteiger partial charge in [-0.25, -0.2) is 13.4 Å². The maximum absolute atomic E-state index is 13.1. The zero-order chi connectivity index (χ0) is 36.7. The molecule has 6 rings (SSSR count). The van der Waals surface area contributed by atoms with Crippen LogP contribution in [0.25, 0.3) is 21.1 Å². The van der Waals surface area contributed by atoms with Crippen molar-refractivity contribution in [3.05, 3.63) is 46.0 Å². The van der Waals surface area contributed by atoms with Crippen LogP contribution in [0.3, 0.4) is 0 Å². The van der Waals surface area contributed by atoms with Crippen molar-refractivity contribution in [2.45, 2.75) is 70.5 Å². The number of hydrogen-bond donors (Lipinski definition) is 3. The first-order valence-electron chi connectivity index (χ1n) is 17.1. The number of anilines is 2. The summed E-state index contributed by atoms with van der Waals surface area (Å²) >= 11 is 1.04. The second-order valence-corrected chi connectivity index (χ2v) is 16.8. The predicted molar refractivity (Wildman–Crippen MR) is 195 cm³/mol. The molecule has 4 N–H and O–H groups in total. The Kier molecular flexibility index (Phi) is 10.8. The fourth-order valence-electron chi connectivity index (χ4n) is 7.40. The average Bonchev–Trinajstić information content (AvgIpc) is 3.65. The molecule has 2 atom stereocenters. The number of sulfonamides is 1. The molecule has 2 saturated heterocycles. The van der Waals surface area contributed by atoms with Crippen LogP contribution >= 0.6 is 11.3 Å². The van der Waals surface area contributed by atoms with E-state index in [4.69, 9.17) is 5.73 Å². The normalized spacial score (nSPS) is 19.5. The Morgan fingerprint density at radius 2 is 1.88 bits per heavy atom. The highest BCUT2D eigenvalue weighted by Gasteiger charge is 2.34. The van der Waals surface area contributed by atoms with Crippen LogP contribution in [0, 0.1) is 18.3 Å². The van der Waals surface area contributed by atoms with Crippen LogP contribution in [-0.2, 0) is 29.5 Å². The highest BCUT2D eigenvalue weighted by atomic mass is 32.2. The minimum absolute atomic E-state index is 0.0586. The van der Waals surface area contributed by atoms with E-state index in [-0.39, 0.29) is 29.5 Å². The number of nitrogens with two attached hydrogens (primary N) is 1. The summed E-state index contributed by atoms with van der Waals surface area (Å²) < 4.78 is 67.3. The summed E-state index contributed by atoms with van der Waals surface area (Å²) in [6, 6.07) is 10.0. The lowest BCUT2D eigenvalue weighted by molar-refractivity contribution is -0.126. The summed E-state index contributed by atoms with van der Waals surface area (Å²) in [6.07, 6.45) is -2.37. The third kappa shape index (κ3) is 8.26. The molecule has 1 aromatic carbocycles. The van der Waals surface area contributed by atoms with E-state index in [0.717, 1.165) is 60.3 Å². The Hall–Kier alpha value is -3.53. The number of nitrogens with one attached hydrogen (secondary N) is 2. The molecular formula is C34H45F3N10O2S2. The first-order valence-corrected chi connectivity index (χ1v) is 19.8. The number of aromatic nitrogens is 3. The molecule has 1 unspecified atom stereocenters. The van der Waals surface area contributed by atoms with Crippen LogP contribution in [0.2, 0.25) is 0 Å². The number of fused-ring (bicyclic) bond motifs is 2. The van der Waals surface area contributed by atoms with Crippen LogP contribution in [0.5, 0.6) is 0 Å². The van der Waals surface area contributed by atoms with Gasteiger partial charge < -0.3 is 20.9 Å². The van der Waals surface area contributed by atoms with Gasteiger partial charge in [0.05, 0.1) is 18.1 Å². The number of piperidine rings is 1. The van der Waals surface area contributed by atoms with E-state index >= 15 is 0 Å². The Labute approximate surface area is 300 Å². The number of piperazine rings is 1. The summed E-state index contributed by atoms with van der Waals surface area (Å²) in [4.78, 5) is 14.3. The predicted octanol–water partition coefficient (Wildman–Crippen LogP) is 4.34. The lowest BCUT2D eigenvalue weighted by atomic mass is 10.0. The fourth-order valence-corrected chi connectivity index (χ4v) is 9.57. The number of likely N-dealkylation sites (tertiary alicyclic amines) is 1. The van der Waals surface area contributed by atoms with Crippen molar-refractivity contribution in [3.8, 4) is 6.07 Å². The van der Waals surface area contributed by atoms with Crippen LogP contribution in [0.4, 0.5) is 24.9 Å². The maximum atomic E-state index is 13.1. The number of hydrogen-bond acceptors (Lipinski definition) is 11. The molecule has 0 bridgehead atoms. The van der Waals surface area contributed by atoms with E-state index in [0.29, 0.717) is 53.9 Å². The second kappa shape index (κ2) is 14.8. The Morgan fingerprint density at radius 3 is 2.53 bits per heavy atom. The number of aryl methyl sites for hydroxylation is 1. The molecule has 0 radical (unpaired) electrons. The zero-order valence-electron chi connectivity index (χ0n) is 29.3. The largest absolute Gasteiger partial charge is 0.393 e. The van der Waals surface area contributed by atoms with Crippen molar-refractivity contribution in [1.82, 2.24) is 28.6 Å². The van der Waals surface area contributed by atoms with Gasteiger partial charge in [0.15, 0.2) is 0 Å². The van der Waals surface area contributed by atoms with Crippen molar-refractivity contribution in [1.29, 1.82) is 5.26 Å². The number of benzene rings is 1. The van der Waals surface area contributed by atoms with Crippen LogP contribution in [0.15, 0.2) is 24.3 Å². The lowest BCUT2D eigenvalue weighted by Crippen LogP contribution is -2.59. The molecule has 17 heteroatoms. The maximum Gasteiger partial charge on any atom is 0.393 e. The van der Waals surface area contributed by atoms with E-state index in [9.17, 15) is 26.9 Å². The summed E-state index contributed by atoms with van der Waals surface area (Å²) in [6.45, 7) is 9.00. The average molecular weight is 747 g/mol. The van der Waals surface area contributed by atoms with Gasteiger partial charge in [-0.1, -0.05) is 6.07 Å². The van der Waals surface area contributed by atoms with Gasteiger partial charge >= 0.3 is 6.18 Å². The molecule has 2 aliphatic heterocycles. The highest BCUT2D eigenvalue weighted by molar-refractivity contribution is 7.88. The van der Waals surface area contributed by atoms with E-state index in [1.54, 1.807) is 13.1 Å². The third-order valence-corrected chi connectivity index (χ3v) is 12.5. The molecule has 0 saturated carbocycles. The van der Waals surface area contributed by atoms with Crippen molar-refractivity contribution < 1.29 is 21.6 Å². The Bertz CT molecular complexity index is 2030. The second-order valence-electron chi connectivity index (χ2n) is 13.7. The summed E-state index contributed by atoms with van der Waals surface area (Å²) in [5.41, 5.74) is 9.88. The molecule has 276 valence electrons. The van der Waals surface area contributed by atoms with Crippen molar-refractivity contribution >= 4 is 54.2 Å². The SMILES string of the molecule is CNc1nc(NC2CCN(Cc3ccc4c(cc(C#N)n4C[C@H](C)N4CCN(S(C)(=O)=O)C(CN)C4)c3C)CC2)c2cc(CC(F)(F)F)sc2n1. The Morgan fingerprint density at radius 1 is 1.14 bits per heavy atom. The van der Waals surface area contributed by atoms with Gasteiger partial charge in [0.2, 0.25) is 16.0 Å². The van der Waals surface area contributed by atoms with Gasteiger partial charge in [-0.05, 0) is 56.0 Å². The van der Waals surface area contributed by atoms with Crippen molar-refractivity contribution in [2.24, 2.45) is 5.73 Å². The van der Waals surface area contributed by atoms with E-state index in [2.05, 4.69) is 67.0 Å². The number of alkyl halides is 3. The first kappa shape index (κ1) is 37.2. The molecule has 5 heterocycles. The number of halogens is 3. The molecule has 0 spiro atoms. The summed E-state index contributed by atoms with van der Waals surface area (Å²) in [7, 11) is -1.65. The summed E-state index contributed by atoms with van der Waals surface area (Å²) in [5.74, 6) is 0.917. The molecule has 4 aromatic rings. The van der Waals surface area contributed by atoms with Gasteiger partial charge in [0.25, 0.3) is 0 Å². The quantitative estimate of drug-likeness (QED) is 0.203. The van der Waals surface area contributed by atoms with Crippen LogP contribution in [-0.4, -0.2) is 114 Å². The van der Waals surface area contributed by atoms with Crippen LogP contribution < -0.4 is 16.4 Å². The molecule has 12 nitrogen and oxygen atoms in total. The zero-order valence-corrected chi connectivity index (χ0v) is 30.9. The first-order chi connectivity index (χ1) is 24.2. The number of nitrogens with zero attached hydrogens (tertiary/aromatic N) is 7. The van der Waals surface area contributed by atoms with Gasteiger partial charge in [0, 0.05) is 93.3 Å². The fraction of sp³-hybridized carbons (Fsp3) is 0.559. The minimum Gasteiger partial charge on any atom is -0.367 e. The number of rotatable bonds is 11. The molecule has 2 aliphatic rings. The Balaban J connectivity index is 1.11. The molecule has 0 aliphatic carbocycles. The van der Waals surface area contributed by atoms with E-state index in [1.165, 1.54) is 16.1 Å². The molecule has 0 amide bonds. The monoisotopic (exact) mass is 746 g/mol. The summed E-state index contributed by atoms with van der Waals surface area (Å²) in [5, 5.41) is 18.2. The van der Waals surface area contributed by atoms with Gasteiger partial charge in [-0.15, -0.1) is 11.3 Å². The van der Waals surface area contributed by atoms with Crippen molar-refractivity contribution in [3.63, 3.8) is 0 Å². The van der Waals surface area contributed by atoms with Gasteiger partial charge in [0.1, 0.15) is 22.4 Å². The third-order valence-electron chi connectivity index (χ3n) is 10.2. The number of thiophene rings is 1. The minimum atomic E-state index is -4.29. The topological polar surface area (TPSA) is 148 Å². The standard InChI is InChI=1S/C34H45F3N10O2S2/c1-21(45-11-12-47(51(4,48)49)26(17-39)20-45)18-46-25(16-38)13-28-22(2)23(5-6-30(28)46)19-44-9-7-24(8-10-44)41-31-29-14-27(15-34(35,36)37)50-32(29)43-33(40-3)42-31/h5-6,13-14,21,24,26H,7-12,15,17-20,39H2,1-4H3,(H2,40,41,42,43)/t21-,26?/m0/s1. The smallest absolute Gasteiger partial charge is 0.367 e. The van der Waals surface area contributed by atoms with E-state index < -0.39 is 22.6 Å². The molecule has 51 heavy (non-hydrogen) atoms. The highest BCUT2D eigenvalue weighted by Crippen LogP contribution is 2.35. The van der Waals surface area contributed by atoms with Gasteiger partial charge in [-0.3, -0.25) is 9.80 Å². The van der Waals surface area contributed by atoms with Crippen molar-refractivity contribution in [2.75, 3.05) is 63.2 Å². The number of nitriles is 1. The van der Waals surface area contributed by atoms with Gasteiger partial charge in [-0.2, -0.15) is 27.7 Å². The van der Waals surface area contributed by atoms with Crippen LogP contribution in [0.1, 0.15) is 41.5 Å².